The van der Waals surface area contributed by atoms with E-state index in [1.54, 1.807) is 13.1 Å². The summed E-state index contributed by atoms with van der Waals surface area (Å²) >= 11 is 0. The highest BCUT2D eigenvalue weighted by molar-refractivity contribution is 5.77. The van der Waals surface area contributed by atoms with Crippen molar-refractivity contribution in [1.82, 2.24) is 4.98 Å². The van der Waals surface area contributed by atoms with Crippen LogP contribution in [0.1, 0.15) is 41.2 Å². The third-order valence-corrected chi connectivity index (χ3v) is 5.93. The van der Waals surface area contributed by atoms with Crippen LogP contribution in [0.5, 0.6) is 0 Å². The van der Waals surface area contributed by atoms with Gasteiger partial charge in [0.05, 0.1) is 17.7 Å². The fraction of sp³-hybridized carbons (Fsp3) is 0.259. The second kappa shape index (κ2) is 9.71. The minimum absolute atomic E-state index is 0.368. The fourth-order valence-electron chi connectivity index (χ4n) is 3.51. The van der Waals surface area contributed by atoms with Gasteiger partial charge in [0.1, 0.15) is 0 Å². The standard InChI is InChI=1S/C27H29NO3/c1-19-10-11-21(14-15-27(3,18-29)26(30)31)17-23(19)13-12-22-7-6-8-24(20(22)2)25-9-4-5-16-28-25/h4-13,16-17,29H,14-15,18H2,1-3H3,(H,30,31)/b13-12+/t27-/m0/s1. The minimum Gasteiger partial charge on any atom is -0.481 e. The maximum atomic E-state index is 11.4. The van der Waals surface area contributed by atoms with Gasteiger partial charge in [-0.25, -0.2) is 0 Å². The molecule has 2 aromatic carbocycles. The van der Waals surface area contributed by atoms with Crippen LogP contribution in [0.3, 0.4) is 0 Å². The van der Waals surface area contributed by atoms with Crippen molar-refractivity contribution < 1.29 is 15.0 Å². The molecule has 4 nitrogen and oxygen atoms in total. The number of nitrogens with zero attached hydrogens (tertiary/aromatic N) is 1. The van der Waals surface area contributed by atoms with Crippen molar-refractivity contribution in [2.75, 3.05) is 6.61 Å². The number of hydrogen-bond donors (Lipinski definition) is 2. The Morgan fingerprint density at radius 1 is 1.03 bits per heavy atom. The number of aromatic nitrogens is 1. The zero-order valence-electron chi connectivity index (χ0n) is 18.3. The first-order chi connectivity index (χ1) is 14.8. The topological polar surface area (TPSA) is 70.4 Å². The summed E-state index contributed by atoms with van der Waals surface area (Å²) in [5, 5.41) is 18.9. The van der Waals surface area contributed by atoms with Gasteiger partial charge in [-0.3, -0.25) is 9.78 Å². The van der Waals surface area contributed by atoms with Crippen molar-refractivity contribution in [2.24, 2.45) is 5.41 Å². The molecule has 0 unspecified atom stereocenters. The van der Waals surface area contributed by atoms with Crippen LogP contribution in [0.4, 0.5) is 0 Å². The summed E-state index contributed by atoms with van der Waals surface area (Å²) < 4.78 is 0. The van der Waals surface area contributed by atoms with Crippen molar-refractivity contribution in [2.45, 2.75) is 33.6 Å². The lowest BCUT2D eigenvalue weighted by Gasteiger charge is -2.21. The molecule has 0 spiro atoms. The number of aryl methyl sites for hydroxylation is 2. The van der Waals surface area contributed by atoms with Crippen LogP contribution >= 0.6 is 0 Å². The van der Waals surface area contributed by atoms with Gasteiger partial charge >= 0.3 is 5.97 Å². The van der Waals surface area contributed by atoms with Crippen molar-refractivity contribution in [1.29, 1.82) is 0 Å². The molecule has 3 rings (SSSR count). The lowest BCUT2D eigenvalue weighted by atomic mass is 9.84. The Morgan fingerprint density at radius 3 is 2.48 bits per heavy atom. The maximum Gasteiger partial charge on any atom is 0.311 e. The van der Waals surface area contributed by atoms with Gasteiger partial charge in [-0.1, -0.05) is 54.6 Å². The summed E-state index contributed by atoms with van der Waals surface area (Å²) in [6.07, 6.45) is 7.00. The molecule has 160 valence electrons. The molecule has 0 saturated carbocycles. The molecule has 1 heterocycles. The van der Waals surface area contributed by atoms with Crippen molar-refractivity contribution >= 4 is 18.1 Å². The zero-order chi connectivity index (χ0) is 22.4. The van der Waals surface area contributed by atoms with Gasteiger partial charge in [0, 0.05) is 11.8 Å². The van der Waals surface area contributed by atoms with E-state index in [1.807, 2.05) is 30.3 Å². The number of rotatable bonds is 8. The van der Waals surface area contributed by atoms with Gasteiger partial charge in [0.25, 0.3) is 0 Å². The van der Waals surface area contributed by atoms with Gasteiger partial charge < -0.3 is 10.2 Å². The van der Waals surface area contributed by atoms with Gasteiger partial charge in [-0.2, -0.15) is 0 Å². The Kier molecular flexibility index (Phi) is 7.03. The number of pyridine rings is 1. The molecule has 31 heavy (non-hydrogen) atoms. The molecule has 4 heteroatoms. The second-order valence-electron chi connectivity index (χ2n) is 8.28. The molecular weight excluding hydrogens is 386 g/mol. The number of carboxylic acids is 1. The van der Waals surface area contributed by atoms with Crippen LogP contribution in [0.2, 0.25) is 0 Å². The molecule has 0 fully saturated rings. The smallest absolute Gasteiger partial charge is 0.311 e. The van der Waals surface area contributed by atoms with Crippen LogP contribution in [0.25, 0.3) is 23.4 Å². The average molecular weight is 416 g/mol. The summed E-state index contributed by atoms with van der Waals surface area (Å²) in [4.78, 5) is 15.9. The Labute approximate surface area is 183 Å². The Balaban J connectivity index is 1.83. The van der Waals surface area contributed by atoms with Gasteiger partial charge in [0.15, 0.2) is 0 Å². The van der Waals surface area contributed by atoms with Gasteiger partial charge in [-0.05, 0) is 73.6 Å². The van der Waals surface area contributed by atoms with Crippen LogP contribution in [-0.4, -0.2) is 27.8 Å². The average Bonchev–Trinajstić information content (AvgIpc) is 2.78. The summed E-state index contributed by atoms with van der Waals surface area (Å²) in [5.74, 6) is -0.967. The third-order valence-electron chi connectivity index (χ3n) is 5.93. The van der Waals surface area contributed by atoms with Crippen LogP contribution < -0.4 is 0 Å². The molecule has 0 aliphatic rings. The first kappa shape index (κ1) is 22.4. The molecule has 0 radical (unpaired) electrons. The predicted octanol–water partition coefficient (Wildman–Crippen LogP) is 5.55. The first-order valence-electron chi connectivity index (χ1n) is 10.5. The van der Waals surface area contributed by atoms with Crippen molar-refractivity contribution in [3.05, 3.63) is 88.6 Å². The quantitative estimate of drug-likeness (QED) is 0.473. The van der Waals surface area contributed by atoms with E-state index in [9.17, 15) is 15.0 Å². The van der Waals surface area contributed by atoms with E-state index in [4.69, 9.17) is 0 Å². The number of carbonyl (C=O) groups is 1. The Bertz CT molecular complexity index is 1090. The molecule has 3 aromatic rings. The normalized spacial score (nSPS) is 13.3. The van der Waals surface area contributed by atoms with Crippen LogP contribution in [-0.2, 0) is 11.2 Å². The minimum atomic E-state index is -1.12. The predicted molar refractivity (Wildman–Crippen MR) is 126 cm³/mol. The van der Waals surface area contributed by atoms with E-state index in [0.29, 0.717) is 12.8 Å². The molecule has 0 bridgehead atoms. The van der Waals surface area contributed by atoms with Crippen LogP contribution in [0, 0.1) is 19.3 Å². The highest BCUT2D eigenvalue weighted by Crippen LogP contribution is 2.27. The molecule has 0 aliphatic heterocycles. The molecule has 0 saturated heterocycles. The fourth-order valence-corrected chi connectivity index (χ4v) is 3.51. The number of aliphatic carboxylic acids is 1. The summed E-state index contributed by atoms with van der Waals surface area (Å²) in [5.41, 5.74) is 6.57. The second-order valence-corrected chi connectivity index (χ2v) is 8.28. The molecule has 0 amide bonds. The van der Waals surface area contributed by atoms with Gasteiger partial charge in [0.2, 0.25) is 0 Å². The van der Waals surface area contributed by atoms with E-state index in [2.05, 4.69) is 55.2 Å². The number of aliphatic hydroxyl groups is 1. The Hall–Kier alpha value is -3.24. The maximum absolute atomic E-state index is 11.4. The van der Waals surface area contributed by atoms with E-state index in [1.165, 1.54) is 5.56 Å². The Morgan fingerprint density at radius 2 is 1.81 bits per heavy atom. The molecule has 1 atom stereocenters. The summed E-state index contributed by atoms with van der Waals surface area (Å²) in [6.45, 7) is 5.39. The van der Waals surface area contributed by atoms with E-state index in [0.717, 1.165) is 33.5 Å². The molecule has 2 N–H and O–H groups in total. The SMILES string of the molecule is Cc1ccc(CC[C@@](C)(CO)C(=O)O)cc1/C=C/c1cccc(-c2ccccn2)c1C. The lowest BCUT2D eigenvalue weighted by Crippen LogP contribution is -2.32. The largest absolute Gasteiger partial charge is 0.481 e. The molecule has 1 aromatic heterocycles. The van der Waals surface area contributed by atoms with E-state index in [-0.39, 0.29) is 6.61 Å². The number of carboxylic acid groups (broad SMARTS) is 1. The van der Waals surface area contributed by atoms with Gasteiger partial charge in [-0.15, -0.1) is 0 Å². The van der Waals surface area contributed by atoms with Crippen molar-refractivity contribution in [3.63, 3.8) is 0 Å². The highest BCUT2D eigenvalue weighted by atomic mass is 16.4. The third kappa shape index (κ3) is 5.28. The van der Waals surface area contributed by atoms with Crippen molar-refractivity contribution in [3.8, 4) is 11.3 Å². The lowest BCUT2D eigenvalue weighted by molar-refractivity contribution is -0.150. The highest BCUT2D eigenvalue weighted by Gasteiger charge is 2.31. The molecular formula is C27H29NO3. The van der Waals surface area contributed by atoms with E-state index >= 15 is 0 Å². The number of benzene rings is 2. The zero-order valence-corrected chi connectivity index (χ0v) is 18.3. The van der Waals surface area contributed by atoms with Crippen LogP contribution in [0.15, 0.2) is 60.8 Å². The number of hydrogen-bond acceptors (Lipinski definition) is 3. The number of aliphatic hydroxyl groups excluding tert-OH is 1. The summed E-state index contributed by atoms with van der Waals surface area (Å²) in [7, 11) is 0. The monoisotopic (exact) mass is 415 g/mol. The van der Waals surface area contributed by atoms with E-state index < -0.39 is 11.4 Å². The molecule has 0 aliphatic carbocycles. The first-order valence-corrected chi connectivity index (χ1v) is 10.5. The summed E-state index contributed by atoms with van der Waals surface area (Å²) in [6, 6.07) is 18.3.